The van der Waals surface area contributed by atoms with Crippen molar-refractivity contribution in [2.45, 2.75) is 40.3 Å². The van der Waals surface area contributed by atoms with Crippen LogP contribution in [0.15, 0.2) is 97.2 Å². The Balaban J connectivity index is 1.66. The van der Waals surface area contributed by atoms with Crippen molar-refractivity contribution >= 4 is 28.8 Å². The van der Waals surface area contributed by atoms with Gasteiger partial charge in [-0.05, 0) is 74.4 Å². The summed E-state index contributed by atoms with van der Waals surface area (Å²) in [6.45, 7) is 11.5. The average Bonchev–Trinajstić information content (AvgIpc) is 3.43. The highest BCUT2D eigenvalue weighted by molar-refractivity contribution is 6.06. The second-order valence-corrected chi connectivity index (χ2v) is 10.1. The number of carbonyl (C=O) groups is 1. The Morgan fingerprint density at radius 2 is 1.91 bits per heavy atom. The topological polar surface area (TPSA) is 84.2 Å². The third-order valence-electron chi connectivity index (χ3n) is 6.83. The van der Waals surface area contributed by atoms with Gasteiger partial charge in [-0.2, -0.15) is 13.2 Å². The molecule has 1 atom stereocenters. The third kappa shape index (κ3) is 7.85. The van der Waals surface area contributed by atoms with Crippen molar-refractivity contribution in [3.8, 4) is 5.69 Å². The predicted octanol–water partition coefficient (Wildman–Crippen LogP) is 8.24. The van der Waals surface area contributed by atoms with Crippen LogP contribution in [0.1, 0.15) is 53.0 Å². The number of aliphatic imine (C=N–C) groups is 1. The number of nitrogens with one attached hydrogen (secondary N) is 2. The Morgan fingerprint density at radius 3 is 2.53 bits per heavy atom. The predicted molar refractivity (Wildman–Crippen MR) is 165 cm³/mol. The first-order valence-corrected chi connectivity index (χ1v) is 13.7. The van der Waals surface area contributed by atoms with Gasteiger partial charge in [0.05, 0.1) is 23.3 Å². The van der Waals surface area contributed by atoms with Crippen molar-refractivity contribution in [3.63, 3.8) is 0 Å². The van der Waals surface area contributed by atoms with Gasteiger partial charge in [0.15, 0.2) is 0 Å². The summed E-state index contributed by atoms with van der Waals surface area (Å²) in [4.78, 5) is 26.5. The number of amides is 1. The molecule has 10 heteroatoms. The molecular formula is C33H33F3N6O. The van der Waals surface area contributed by atoms with E-state index in [0.29, 0.717) is 22.9 Å². The number of amidine groups is 1. The van der Waals surface area contributed by atoms with Crippen molar-refractivity contribution in [1.29, 1.82) is 0 Å². The van der Waals surface area contributed by atoms with E-state index in [4.69, 9.17) is 4.99 Å². The minimum atomic E-state index is -4.60. The number of benzene rings is 2. The first-order chi connectivity index (χ1) is 20.5. The van der Waals surface area contributed by atoms with E-state index < -0.39 is 17.6 Å². The molecule has 2 aromatic heterocycles. The lowest BCUT2D eigenvalue weighted by Gasteiger charge is -2.19. The molecule has 4 aromatic rings. The highest BCUT2D eigenvalue weighted by atomic mass is 19.4. The van der Waals surface area contributed by atoms with Crippen LogP contribution in [0.2, 0.25) is 0 Å². The molecule has 0 radical (unpaired) electrons. The average molecular weight is 587 g/mol. The van der Waals surface area contributed by atoms with Gasteiger partial charge in [0.25, 0.3) is 5.91 Å². The van der Waals surface area contributed by atoms with E-state index in [1.807, 2.05) is 32.9 Å². The molecule has 2 heterocycles. The molecule has 222 valence electrons. The highest BCUT2D eigenvalue weighted by Crippen LogP contribution is 2.33. The SMILES string of the molecule is C=CC=C(N=C(Nc1cc(C(=O)Nc2cc(-n3cnc(C)c3)cc(C(F)(F)F)c2)ccc1C)C(C)CC)c1cccnc1. The van der Waals surface area contributed by atoms with Crippen molar-refractivity contribution in [3.05, 3.63) is 120 Å². The molecule has 1 unspecified atom stereocenters. The first kappa shape index (κ1) is 31.0. The fraction of sp³-hybridized carbons (Fsp3) is 0.212. The number of alkyl halides is 3. The minimum absolute atomic E-state index is 0.00814. The number of allylic oxidation sites excluding steroid dienone is 2. The fourth-order valence-electron chi connectivity index (χ4n) is 4.21. The zero-order chi connectivity index (χ0) is 31.1. The van der Waals surface area contributed by atoms with Gasteiger partial charge in [0, 0.05) is 52.7 Å². The second-order valence-electron chi connectivity index (χ2n) is 10.1. The summed E-state index contributed by atoms with van der Waals surface area (Å²) < 4.78 is 42.6. The van der Waals surface area contributed by atoms with Crippen molar-refractivity contribution < 1.29 is 18.0 Å². The van der Waals surface area contributed by atoms with E-state index in [2.05, 4.69) is 27.2 Å². The molecule has 0 saturated heterocycles. The maximum atomic E-state index is 13.7. The number of nitrogens with zero attached hydrogens (tertiary/aromatic N) is 4. The largest absolute Gasteiger partial charge is 0.416 e. The Hall–Kier alpha value is -4.99. The number of aromatic nitrogens is 3. The molecule has 0 spiro atoms. The molecule has 0 bridgehead atoms. The van der Waals surface area contributed by atoms with Crippen LogP contribution in [-0.2, 0) is 6.18 Å². The van der Waals surface area contributed by atoms with Gasteiger partial charge in [0.1, 0.15) is 5.84 Å². The van der Waals surface area contributed by atoms with Crippen LogP contribution in [0.25, 0.3) is 11.4 Å². The summed E-state index contributed by atoms with van der Waals surface area (Å²) in [7, 11) is 0. The van der Waals surface area contributed by atoms with Crippen LogP contribution in [0, 0.1) is 19.8 Å². The number of imidazole rings is 1. The highest BCUT2D eigenvalue weighted by Gasteiger charge is 2.31. The van der Waals surface area contributed by atoms with Crippen molar-refractivity contribution in [2.24, 2.45) is 10.9 Å². The summed E-state index contributed by atoms with van der Waals surface area (Å²) in [5.74, 6) is 0.162. The second kappa shape index (κ2) is 13.3. The zero-order valence-electron chi connectivity index (χ0n) is 24.4. The molecule has 0 fully saturated rings. The molecule has 0 aliphatic heterocycles. The number of hydrogen-bond donors (Lipinski definition) is 2. The number of rotatable bonds is 9. The van der Waals surface area contributed by atoms with E-state index in [1.54, 1.807) is 55.9 Å². The molecule has 4 rings (SSSR count). The quantitative estimate of drug-likeness (QED) is 0.118. The number of halogens is 3. The van der Waals surface area contributed by atoms with Gasteiger partial charge in [-0.3, -0.25) is 9.78 Å². The number of aryl methyl sites for hydroxylation is 2. The summed E-state index contributed by atoms with van der Waals surface area (Å²) >= 11 is 0. The Bertz CT molecular complexity index is 1670. The zero-order valence-corrected chi connectivity index (χ0v) is 24.4. The van der Waals surface area contributed by atoms with E-state index in [9.17, 15) is 18.0 Å². The maximum absolute atomic E-state index is 13.7. The van der Waals surface area contributed by atoms with Gasteiger partial charge < -0.3 is 15.2 Å². The number of carbonyl (C=O) groups excluding carboxylic acids is 1. The van der Waals surface area contributed by atoms with Crippen LogP contribution in [-0.4, -0.2) is 26.3 Å². The molecule has 1 amide bonds. The normalized spacial score (nSPS) is 13.0. The molecule has 0 saturated carbocycles. The van der Waals surface area contributed by atoms with Crippen LogP contribution < -0.4 is 10.6 Å². The summed E-state index contributed by atoms with van der Waals surface area (Å²) in [5.41, 5.74) is 3.27. The summed E-state index contributed by atoms with van der Waals surface area (Å²) in [6, 6.07) is 12.2. The number of anilines is 2. The lowest BCUT2D eigenvalue weighted by molar-refractivity contribution is -0.137. The molecule has 7 nitrogen and oxygen atoms in total. The van der Waals surface area contributed by atoms with Gasteiger partial charge >= 0.3 is 6.18 Å². The van der Waals surface area contributed by atoms with E-state index >= 15 is 0 Å². The van der Waals surface area contributed by atoms with Gasteiger partial charge in [-0.25, -0.2) is 9.98 Å². The third-order valence-corrected chi connectivity index (χ3v) is 6.83. The van der Waals surface area contributed by atoms with Crippen LogP contribution in [0.4, 0.5) is 24.5 Å². The fourth-order valence-corrected chi connectivity index (χ4v) is 4.21. The van der Waals surface area contributed by atoms with Crippen molar-refractivity contribution in [1.82, 2.24) is 14.5 Å². The van der Waals surface area contributed by atoms with E-state index in [-0.39, 0.29) is 22.9 Å². The van der Waals surface area contributed by atoms with Crippen molar-refractivity contribution in [2.75, 3.05) is 10.6 Å². The molecule has 43 heavy (non-hydrogen) atoms. The van der Waals surface area contributed by atoms with Crippen LogP contribution >= 0.6 is 0 Å². The Labute approximate surface area is 248 Å². The molecule has 2 aromatic carbocycles. The van der Waals surface area contributed by atoms with Gasteiger partial charge in [-0.1, -0.05) is 32.6 Å². The monoisotopic (exact) mass is 586 g/mol. The standard InChI is InChI=1S/C33H33F3N6O/c1-6-9-29(25-10-8-13-37-18-25)40-31(21(3)7-2)41-30-14-24(12-11-22(30)4)32(43)39-27-15-26(33(34,35)36)16-28(17-27)42-19-23(5)38-20-42/h6,8-21H,1,7H2,2-5H3,(H,39,43)(H,40,41). The molecule has 0 aliphatic carbocycles. The summed E-state index contributed by atoms with van der Waals surface area (Å²) in [6.07, 6.45) is 6.09. The minimum Gasteiger partial charge on any atom is -0.343 e. The number of hydrogen-bond acceptors (Lipinski definition) is 4. The van der Waals surface area contributed by atoms with Gasteiger partial charge in [-0.15, -0.1) is 0 Å². The maximum Gasteiger partial charge on any atom is 0.416 e. The lowest BCUT2D eigenvalue weighted by atomic mass is 10.0. The Kier molecular flexibility index (Phi) is 9.59. The van der Waals surface area contributed by atoms with Crippen LogP contribution in [0.3, 0.4) is 0 Å². The van der Waals surface area contributed by atoms with Gasteiger partial charge in [0.2, 0.25) is 0 Å². The molecule has 0 aliphatic rings. The lowest BCUT2D eigenvalue weighted by Crippen LogP contribution is -2.22. The molecule has 2 N–H and O–H groups in total. The Morgan fingerprint density at radius 1 is 1.12 bits per heavy atom. The smallest absolute Gasteiger partial charge is 0.343 e. The molecular weight excluding hydrogens is 553 g/mol. The van der Waals surface area contributed by atoms with E-state index in [1.165, 1.54) is 17.0 Å². The van der Waals surface area contributed by atoms with Crippen LogP contribution in [0.5, 0.6) is 0 Å². The summed E-state index contributed by atoms with van der Waals surface area (Å²) in [5, 5.41) is 6.03. The first-order valence-electron chi connectivity index (χ1n) is 13.7. The number of pyridine rings is 1. The van der Waals surface area contributed by atoms with E-state index in [0.717, 1.165) is 29.7 Å².